The predicted octanol–water partition coefficient (Wildman–Crippen LogP) is -0.578. The number of carbonyl (C=O) groups is 1. The highest BCUT2D eigenvalue weighted by molar-refractivity contribution is 5.83. The maximum absolute atomic E-state index is 11.1. The highest BCUT2D eigenvalue weighted by Gasteiger charge is 2.30. The Bertz CT molecular complexity index is 263. The van der Waals surface area contributed by atoms with Crippen molar-refractivity contribution in [2.45, 2.75) is 19.0 Å². The van der Waals surface area contributed by atoms with E-state index < -0.39 is 0 Å². The number of nitrogens with zero attached hydrogens (tertiary/aromatic N) is 2. The van der Waals surface area contributed by atoms with E-state index in [1.54, 1.807) is 7.05 Å². The molecule has 0 spiro atoms. The average molecular weight is 199 g/mol. The van der Waals surface area contributed by atoms with Crippen LogP contribution in [0.15, 0.2) is 11.6 Å². The third-order valence-electron chi connectivity index (χ3n) is 2.55. The van der Waals surface area contributed by atoms with Gasteiger partial charge in [0.05, 0.1) is 6.04 Å². The zero-order chi connectivity index (χ0) is 10.9. The van der Waals surface area contributed by atoms with Crippen molar-refractivity contribution in [1.29, 1.82) is 0 Å². The van der Waals surface area contributed by atoms with E-state index in [1.807, 2.05) is 24.9 Å². The molecule has 1 amide bonds. The molecule has 0 fully saturated rings. The maximum atomic E-state index is 11.1. The van der Waals surface area contributed by atoms with Gasteiger partial charge in [0.1, 0.15) is 6.04 Å². The van der Waals surface area contributed by atoms with E-state index in [1.165, 1.54) is 0 Å². The van der Waals surface area contributed by atoms with E-state index in [2.05, 4.69) is 0 Å². The highest BCUT2D eigenvalue weighted by Crippen LogP contribution is 2.17. The quantitative estimate of drug-likeness (QED) is 0.461. The Labute approximate surface area is 83.7 Å². The van der Waals surface area contributed by atoms with Crippen molar-refractivity contribution in [3.8, 4) is 0 Å². The Morgan fingerprint density at radius 3 is 2.71 bits per heavy atom. The third kappa shape index (κ3) is 2.12. The Kier molecular flexibility index (Phi) is 3.25. The number of likely N-dealkylation sites (N-methyl/N-ethyl adjacent to an activating group) is 2. The van der Waals surface area contributed by atoms with Gasteiger partial charge < -0.3 is 10.9 Å². The minimum Gasteiger partial charge on any atom is -0.368 e. The molecule has 2 atom stereocenters. The van der Waals surface area contributed by atoms with Crippen LogP contribution in [0.4, 0.5) is 0 Å². The Hall–Kier alpha value is -0.910. The van der Waals surface area contributed by atoms with Crippen molar-refractivity contribution in [3.63, 3.8) is 0 Å². The van der Waals surface area contributed by atoms with Gasteiger partial charge in [-0.3, -0.25) is 9.69 Å². The first kappa shape index (κ1) is 11.2. The van der Waals surface area contributed by atoms with Crippen LogP contribution >= 0.6 is 0 Å². The zero-order valence-corrected chi connectivity index (χ0v) is 8.77. The Balaban J connectivity index is 2.87. The molecule has 0 aromatic rings. The van der Waals surface area contributed by atoms with Crippen molar-refractivity contribution in [2.75, 3.05) is 20.6 Å². The fourth-order valence-electron chi connectivity index (χ4n) is 1.86. The number of primary amides is 1. The van der Waals surface area contributed by atoms with Gasteiger partial charge in [-0.1, -0.05) is 6.08 Å². The van der Waals surface area contributed by atoms with Crippen LogP contribution < -0.4 is 5.73 Å². The Morgan fingerprint density at radius 1 is 1.79 bits per heavy atom. The molecule has 0 bridgehead atoms. The van der Waals surface area contributed by atoms with Crippen molar-refractivity contribution in [2.24, 2.45) is 5.73 Å². The first-order valence-electron chi connectivity index (χ1n) is 4.53. The summed E-state index contributed by atoms with van der Waals surface area (Å²) >= 11 is 0. The minimum atomic E-state index is -0.347. The van der Waals surface area contributed by atoms with Crippen LogP contribution in [0.3, 0.4) is 0 Å². The summed E-state index contributed by atoms with van der Waals surface area (Å²) in [5, 5.41) is 10.4. The maximum Gasteiger partial charge on any atom is 0.239 e. The molecule has 1 rings (SSSR count). The molecule has 5 nitrogen and oxygen atoms in total. The van der Waals surface area contributed by atoms with Crippen molar-refractivity contribution in [3.05, 3.63) is 11.6 Å². The molecule has 0 saturated heterocycles. The fourth-order valence-corrected chi connectivity index (χ4v) is 1.86. The molecule has 0 saturated carbocycles. The summed E-state index contributed by atoms with van der Waals surface area (Å²) in [5.41, 5.74) is 6.16. The van der Waals surface area contributed by atoms with Gasteiger partial charge in [-0.2, -0.15) is 5.06 Å². The van der Waals surface area contributed by atoms with Crippen LogP contribution in [-0.2, 0) is 4.79 Å². The van der Waals surface area contributed by atoms with Gasteiger partial charge in [0.25, 0.3) is 0 Å². The summed E-state index contributed by atoms with van der Waals surface area (Å²) in [6.07, 6.45) is 1.87. The molecular weight excluding hydrogens is 182 g/mol. The van der Waals surface area contributed by atoms with Gasteiger partial charge in [0.15, 0.2) is 0 Å². The van der Waals surface area contributed by atoms with Crippen LogP contribution in [-0.4, -0.2) is 53.8 Å². The van der Waals surface area contributed by atoms with Crippen molar-refractivity contribution >= 4 is 5.91 Å². The standard InChI is InChI=1S/C9H17N3O2/c1-6-4-7(12(3)14)5-11(2)8(6)9(10)13/h4,7-8,14H,5H2,1-3H3,(H2,10,13)/t7-,8+/m1/s1. The smallest absolute Gasteiger partial charge is 0.239 e. The summed E-state index contributed by atoms with van der Waals surface area (Å²) in [7, 11) is 3.41. The molecule has 0 aromatic heterocycles. The van der Waals surface area contributed by atoms with E-state index in [9.17, 15) is 10.0 Å². The summed E-state index contributed by atoms with van der Waals surface area (Å²) < 4.78 is 0. The molecule has 5 heteroatoms. The van der Waals surface area contributed by atoms with Gasteiger partial charge in [0.2, 0.25) is 5.91 Å². The number of carbonyl (C=O) groups excluding carboxylic acids is 1. The molecule has 1 aliphatic rings. The second-order valence-corrected chi connectivity index (χ2v) is 3.80. The second kappa shape index (κ2) is 4.08. The Morgan fingerprint density at radius 2 is 2.36 bits per heavy atom. The van der Waals surface area contributed by atoms with E-state index in [-0.39, 0.29) is 18.0 Å². The van der Waals surface area contributed by atoms with Gasteiger partial charge >= 0.3 is 0 Å². The number of nitrogens with two attached hydrogens (primary N) is 1. The SMILES string of the molecule is CC1=C[C@@H](N(C)O)CN(C)[C@@H]1C(N)=O. The number of rotatable bonds is 2. The molecule has 0 radical (unpaired) electrons. The van der Waals surface area contributed by atoms with Gasteiger partial charge in [-0.25, -0.2) is 0 Å². The monoisotopic (exact) mass is 199 g/mol. The largest absolute Gasteiger partial charge is 0.368 e. The molecule has 80 valence electrons. The normalized spacial score (nSPS) is 29.1. The number of hydrogen-bond donors (Lipinski definition) is 2. The number of hydroxylamine groups is 2. The minimum absolute atomic E-state index is 0.0735. The molecule has 0 unspecified atom stereocenters. The molecular formula is C9H17N3O2. The lowest BCUT2D eigenvalue weighted by Gasteiger charge is -2.35. The van der Waals surface area contributed by atoms with Crippen LogP contribution in [0.2, 0.25) is 0 Å². The van der Waals surface area contributed by atoms with Crippen LogP contribution in [0, 0.1) is 0 Å². The topological polar surface area (TPSA) is 69.8 Å². The lowest BCUT2D eigenvalue weighted by atomic mass is 9.99. The molecule has 0 aromatic carbocycles. The molecule has 1 aliphatic heterocycles. The lowest BCUT2D eigenvalue weighted by molar-refractivity contribution is -0.125. The van der Waals surface area contributed by atoms with Crippen LogP contribution in [0.1, 0.15) is 6.92 Å². The van der Waals surface area contributed by atoms with E-state index in [4.69, 9.17) is 5.73 Å². The van der Waals surface area contributed by atoms with Crippen LogP contribution in [0.25, 0.3) is 0 Å². The highest BCUT2D eigenvalue weighted by atomic mass is 16.5. The fraction of sp³-hybridized carbons (Fsp3) is 0.667. The van der Waals surface area contributed by atoms with E-state index >= 15 is 0 Å². The number of hydrogen-bond acceptors (Lipinski definition) is 4. The van der Waals surface area contributed by atoms with Crippen molar-refractivity contribution in [1.82, 2.24) is 9.96 Å². The summed E-state index contributed by atoms with van der Waals surface area (Å²) in [5.74, 6) is -0.347. The average Bonchev–Trinajstić information content (AvgIpc) is 2.01. The van der Waals surface area contributed by atoms with E-state index in [0.29, 0.717) is 6.54 Å². The van der Waals surface area contributed by atoms with Gasteiger partial charge in [0, 0.05) is 13.6 Å². The van der Waals surface area contributed by atoms with E-state index in [0.717, 1.165) is 10.6 Å². The third-order valence-corrected chi connectivity index (χ3v) is 2.55. The molecule has 14 heavy (non-hydrogen) atoms. The summed E-state index contributed by atoms with van der Waals surface area (Å²) in [6, 6.07) is -0.415. The molecule has 0 aliphatic carbocycles. The summed E-state index contributed by atoms with van der Waals surface area (Å²) in [6.45, 7) is 2.44. The zero-order valence-electron chi connectivity index (χ0n) is 8.77. The summed E-state index contributed by atoms with van der Waals surface area (Å²) in [4.78, 5) is 13.0. The molecule has 1 heterocycles. The first-order chi connectivity index (χ1) is 6.43. The van der Waals surface area contributed by atoms with Crippen LogP contribution in [0.5, 0.6) is 0 Å². The van der Waals surface area contributed by atoms with Gasteiger partial charge in [-0.15, -0.1) is 0 Å². The first-order valence-corrected chi connectivity index (χ1v) is 4.53. The van der Waals surface area contributed by atoms with Crippen molar-refractivity contribution < 1.29 is 10.0 Å². The predicted molar refractivity (Wildman–Crippen MR) is 52.7 cm³/mol. The second-order valence-electron chi connectivity index (χ2n) is 3.80. The molecule has 3 N–H and O–H groups in total. The number of amides is 1. The lowest BCUT2D eigenvalue weighted by Crippen LogP contribution is -2.52. The van der Waals surface area contributed by atoms with Gasteiger partial charge in [-0.05, 0) is 19.5 Å².